The average molecular weight is 341 g/mol. The molecule has 1 aromatic heterocycles. The van der Waals surface area contributed by atoms with Crippen molar-refractivity contribution in [2.45, 2.75) is 9.92 Å². The molecule has 0 saturated carbocycles. The van der Waals surface area contributed by atoms with E-state index in [2.05, 4.69) is 9.35 Å². The van der Waals surface area contributed by atoms with E-state index in [0.29, 0.717) is 20.5 Å². The second kappa shape index (κ2) is 6.60. The van der Waals surface area contributed by atoms with E-state index in [1.165, 1.54) is 18.0 Å². The van der Waals surface area contributed by atoms with Gasteiger partial charge in [0.25, 0.3) is 5.91 Å². The number of carbonyl (C=O) groups excluding carboxylic acids is 1. The highest BCUT2D eigenvalue weighted by Crippen LogP contribution is 2.20. The van der Waals surface area contributed by atoms with Gasteiger partial charge < -0.3 is 0 Å². The highest BCUT2D eigenvalue weighted by Gasteiger charge is 2.14. The lowest BCUT2D eigenvalue weighted by Gasteiger charge is -2.05. The Hall–Kier alpha value is -1.37. The third kappa shape index (κ3) is 3.84. The molecule has 0 aliphatic heterocycles. The van der Waals surface area contributed by atoms with Crippen LogP contribution >= 0.6 is 23.4 Å². The van der Waals surface area contributed by atoms with Gasteiger partial charge in [0.1, 0.15) is 5.03 Å². The van der Waals surface area contributed by atoms with E-state index in [1.807, 2.05) is 6.26 Å². The van der Waals surface area contributed by atoms with Crippen molar-refractivity contribution in [1.29, 1.82) is 0 Å². The molecule has 2 aromatic rings. The van der Waals surface area contributed by atoms with Crippen LogP contribution in [0.3, 0.4) is 0 Å². The average Bonchev–Trinajstić information content (AvgIpc) is 2.47. The first kappa shape index (κ1) is 16.0. The zero-order valence-corrected chi connectivity index (χ0v) is 13.8. The highest BCUT2D eigenvalue weighted by molar-refractivity contribution is 7.98. The summed E-state index contributed by atoms with van der Waals surface area (Å²) in [6, 6.07) is 9.75. The Bertz CT molecular complexity index is 782. The minimum atomic E-state index is -2.82. The first-order chi connectivity index (χ1) is 9.94. The molecule has 0 aliphatic rings. The van der Waals surface area contributed by atoms with Gasteiger partial charge in [-0.1, -0.05) is 11.6 Å². The van der Waals surface area contributed by atoms with Gasteiger partial charge in [-0.3, -0.25) is 4.79 Å². The molecule has 0 bridgehead atoms. The van der Waals surface area contributed by atoms with E-state index in [0.717, 1.165) is 0 Å². The number of aromatic nitrogens is 1. The number of nitrogens with zero attached hydrogens (tertiary/aromatic N) is 2. The second-order valence-corrected chi connectivity index (χ2v) is 7.70. The lowest BCUT2D eigenvalue weighted by molar-refractivity contribution is 0.100. The molecule has 21 heavy (non-hydrogen) atoms. The molecule has 0 unspecified atom stereocenters. The Kier molecular flexibility index (Phi) is 5.03. The Morgan fingerprint density at radius 1 is 1.29 bits per heavy atom. The predicted molar refractivity (Wildman–Crippen MR) is 86.6 cm³/mol. The minimum Gasteiger partial charge on any atom is -0.266 e. The second-order valence-electron chi connectivity index (χ2n) is 4.21. The fourth-order valence-electron chi connectivity index (χ4n) is 1.66. The molecule has 0 spiro atoms. The van der Waals surface area contributed by atoms with Gasteiger partial charge >= 0.3 is 0 Å². The molecule has 0 radical (unpaired) electrons. The number of rotatable bonds is 3. The number of pyridine rings is 1. The smallest absolute Gasteiger partial charge is 0.266 e. The predicted octanol–water partition coefficient (Wildman–Crippen LogP) is 3.75. The normalized spacial score (nSPS) is 13.5. The molecule has 0 N–H and O–H groups in total. The highest BCUT2D eigenvalue weighted by atomic mass is 35.5. The first-order valence-electron chi connectivity index (χ1n) is 5.95. The van der Waals surface area contributed by atoms with Gasteiger partial charge in [-0.25, -0.2) is 9.19 Å². The number of thioether (sulfide) groups is 1. The SMILES string of the molecule is CSc1ncccc1C(=O)N=[S@](C)(=O)c1ccc(Cl)cc1. The number of amides is 1. The summed E-state index contributed by atoms with van der Waals surface area (Å²) in [6.07, 6.45) is 4.86. The number of hydrogen-bond donors (Lipinski definition) is 0. The van der Waals surface area contributed by atoms with Crippen molar-refractivity contribution >= 4 is 39.0 Å². The van der Waals surface area contributed by atoms with Gasteiger partial charge in [0, 0.05) is 22.4 Å². The van der Waals surface area contributed by atoms with Gasteiger partial charge in [0.15, 0.2) is 0 Å². The Balaban J connectivity index is 2.44. The molecule has 0 saturated heterocycles. The van der Waals surface area contributed by atoms with E-state index in [-0.39, 0.29) is 0 Å². The summed E-state index contributed by atoms with van der Waals surface area (Å²) >= 11 is 7.15. The van der Waals surface area contributed by atoms with Crippen LogP contribution in [-0.4, -0.2) is 27.6 Å². The van der Waals surface area contributed by atoms with Crippen LogP contribution in [0.2, 0.25) is 5.02 Å². The van der Waals surface area contributed by atoms with E-state index >= 15 is 0 Å². The summed E-state index contributed by atoms with van der Waals surface area (Å²) in [5.74, 6) is -0.532. The summed E-state index contributed by atoms with van der Waals surface area (Å²) in [5, 5.41) is 1.11. The third-order valence-corrected chi connectivity index (χ3v) is 5.33. The van der Waals surface area contributed by atoms with Crippen molar-refractivity contribution in [3.8, 4) is 0 Å². The molecule has 1 amide bonds. The fraction of sp³-hybridized carbons (Fsp3) is 0.143. The molecule has 7 heteroatoms. The van der Waals surface area contributed by atoms with Crippen LogP contribution in [0.5, 0.6) is 0 Å². The van der Waals surface area contributed by atoms with Crippen molar-refractivity contribution in [3.63, 3.8) is 0 Å². The number of hydrogen-bond acceptors (Lipinski definition) is 4. The number of benzene rings is 1. The number of carbonyl (C=O) groups is 1. The lowest BCUT2D eigenvalue weighted by atomic mass is 10.3. The van der Waals surface area contributed by atoms with E-state index in [1.54, 1.807) is 42.6 Å². The molecular formula is C14H13ClN2O2S2. The summed E-state index contributed by atoms with van der Waals surface area (Å²) in [7, 11) is -2.82. The Morgan fingerprint density at radius 3 is 2.57 bits per heavy atom. The summed E-state index contributed by atoms with van der Waals surface area (Å²) in [4.78, 5) is 16.8. The zero-order chi connectivity index (χ0) is 15.5. The van der Waals surface area contributed by atoms with Crippen LogP contribution in [0.25, 0.3) is 0 Å². The fourth-order valence-corrected chi connectivity index (χ4v) is 3.49. The van der Waals surface area contributed by atoms with Crippen LogP contribution in [0.1, 0.15) is 10.4 Å². The van der Waals surface area contributed by atoms with Gasteiger partial charge in [-0.2, -0.15) is 4.36 Å². The maximum Gasteiger partial charge on any atom is 0.288 e. The van der Waals surface area contributed by atoms with Crippen LogP contribution in [0, 0.1) is 0 Å². The number of halogens is 1. The van der Waals surface area contributed by atoms with E-state index in [9.17, 15) is 9.00 Å². The van der Waals surface area contributed by atoms with Crippen LogP contribution in [-0.2, 0) is 9.73 Å². The van der Waals surface area contributed by atoms with Gasteiger partial charge in [0.05, 0.1) is 15.3 Å². The standard InChI is InChI=1S/C14H13ClN2O2S2/c1-20-14-12(4-3-9-16-14)13(18)17-21(2,19)11-7-5-10(15)6-8-11/h3-9H,1-2H3/t21-/m1/s1. The molecular weight excluding hydrogens is 328 g/mol. The monoisotopic (exact) mass is 340 g/mol. The lowest BCUT2D eigenvalue weighted by Crippen LogP contribution is -2.05. The van der Waals surface area contributed by atoms with Gasteiger partial charge in [-0.05, 0) is 42.7 Å². The molecule has 1 heterocycles. The summed E-state index contributed by atoms with van der Waals surface area (Å²) < 4.78 is 16.5. The van der Waals surface area contributed by atoms with Crippen molar-refractivity contribution < 1.29 is 9.00 Å². The molecule has 0 aliphatic carbocycles. The summed E-state index contributed by atoms with van der Waals surface area (Å²) in [6.45, 7) is 0. The summed E-state index contributed by atoms with van der Waals surface area (Å²) in [5.41, 5.74) is 0.355. The molecule has 0 fully saturated rings. The molecule has 4 nitrogen and oxygen atoms in total. The molecule has 1 aromatic carbocycles. The molecule has 110 valence electrons. The van der Waals surface area contributed by atoms with Crippen molar-refractivity contribution in [1.82, 2.24) is 4.98 Å². The van der Waals surface area contributed by atoms with E-state index in [4.69, 9.17) is 11.6 Å². The largest absolute Gasteiger partial charge is 0.288 e. The first-order valence-corrected chi connectivity index (χ1v) is 9.48. The maximum absolute atomic E-state index is 12.6. The van der Waals surface area contributed by atoms with Gasteiger partial charge in [0.2, 0.25) is 0 Å². The Morgan fingerprint density at radius 2 is 1.95 bits per heavy atom. The van der Waals surface area contributed by atoms with Crippen LogP contribution in [0.15, 0.2) is 56.9 Å². The topological polar surface area (TPSA) is 59.4 Å². The molecule has 1 atom stereocenters. The van der Waals surface area contributed by atoms with Crippen molar-refractivity contribution in [2.24, 2.45) is 4.36 Å². The molecule has 2 rings (SSSR count). The van der Waals surface area contributed by atoms with Crippen molar-refractivity contribution in [2.75, 3.05) is 12.5 Å². The zero-order valence-electron chi connectivity index (χ0n) is 11.4. The third-order valence-electron chi connectivity index (χ3n) is 2.70. The maximum atomic E-state index is 12.6. The van der Waals surface area contributed by atoms with E-state index < -0.39 is 15.6 Å². The quantitative estimate of drug-likeness (QED) is 0.798. The van der Waals surface area contributed by atoms with Crippen LogP contribution < -0.4 is 0 Å². The Labute approximate surface area is 133 Å². The minimum absolute atomic E-state index is 0.355. The van der Waals surface area contributed by atoms with Crippen molar-refractivity contribution in [3.05, 3.63) is 53.2 Å². The van der Waals surface area contributed by atoms with Crippen LogP contribution in [0.4, 0.5) is 0 Å². The van der Waals surface area contributed by atoms with Gasteiger partial charge in [-0.15, -0.1) is 11.8 Å².